The summed E-state index contributed by atoms with van der Waals surface area (Å²) in [4.78, 5) is 21.5. The highest BCUT2D eigenvalue weighted by molar-refractivity contribution is 5.90. The molecule has 0 unspecified atom stereocenters. The predicted molar refractivity (Wildman–Crippen MR) is 51.8 cm³/mol. The largest absolute Gasteiger partial charge is 0.460 e. The maximum Gasteiger partial charge on any atom is 0.333 e. The zero-order chi connectivity index (χ0) is 11.0. The van der Waals surface area contributed by atoms with Crippen LogP contribution < -0.4 is 0 Å². The van der Waals surface area contributed by atoms with Gasteiger partial charge in [-0.05, 0) is 13.0 Å². The van der Waals surface area contributed by atoms with Gasteiger partial charge in [-0.15, -0.1) is 0 Å². The fourth-order valence-electron chi connectivity index (χ4n) is 0.548. The van der Waals surface area contributed by atoms with Crippen molar-refractivity contribution in [2.75, 3.05) is 19.8 Å². The van der Waals surface area contributed by atoms with Crippen LogP contribution in [0.5, 0.6) is 0 Å². The molecule has 0 heterocycles. The zero-order valence-corrected chi connectivity index (χ0v) is 8.25. The SMILES string of the molecule is C=CC(=O)COCCOC(=O)C(=C)C. The zero-order valence-electron chi connectivity index (χ0n) is 8.25. The monoisotopic (exact) mass is 198 g/mol. The van der Waals surface area contributed by atoms with Gasteiger partial charge in [0.05, 0.1) is 6.61 Å². The number of hydrogen-bond donors (Lipinski definition) is 0. The molecule has 78 valence electrons. The second-order valence-electron chi connectivity index (χ2n) is 2.64. The lowest BCUT2D eigenvalue weighted by Crippen LogP contribution is -2.13. The third-order valence-electron chi connectivity index (χ3n) is 1.28. The lowest BCUT2D eigenvalue weighted by molar-refractivity contribution is -0.140. The van der Waals surface area contributed by atoms with Gasteiger partial charge in [0, 0.05) is 5.57 Å². The highest BCUT2D eigenvalue weighted by atomic mass is 16.6. The molecule has 0 aromatic heterocycles. The van der Waals surface area contributed by atoms with Gasteiger partial charge in [-0.3, -0.25) is 4.79 Å². The van der Waals surface area contributed by atoms with Crippen molar-refractivity contribution >= 4 is 11.8 Å². The molecule has 0 fully saturated rings. The van der Waals surface area contributed by atoms with Crippen LogP contribution in [0.2, 0.25) is 0 Å². The third kappa shape index (κ3) is 6.14. The number of ketones is 1. The summed E-state index contributed by atoms with van der Waals surface area (Å²) >= 11 is 0. The van der Waals surface area contributed by atoms with Crippen molar-refractivity contribution in [1.82, 2.24) is 0 Å². The summed E-state index contributed by atoms with van der Waals surface area (Å²) in [5.41, 5.74) is 0.340. The Morgan fingerprint density at radius 3 is 2.50 bits per heavy atom. The third-order valence-corrected chi connectivity index (χ3v) is 1.28. The minimum absolute atomic E-state index is 0.0336. The van der Waals surface area contributed by atoms with Crippen LogP contribution in [0.4, 0.5) is 0 Å². The molecule has 0 radical (unpaired) electrons. The molecule has 0 amide bonds. The van der Waals surface area contributed by atoms with Gasteiger partial charge in [-0.25, -0.2) is 4.79 Å². The summed E-state index contributed by atoms with van der Waals surface area (Å²) in [6, 6.07) is 0. The topological polar surface area (TPSA) is 52.6 Å². The van der Waals surface area contributed by atoms with Crippen LogP contribution in [0.3, 0.4) is 0 Å². The normalized spacial score (nSPS) is 9.21. The first-order valence-corrected chi connectivity index (χ1v) is 4.13. The minimum Gasteiger partial charge on any atom is -0.460 e. The van der Waals surface area contributed by atoms with Crippen molar-refractivity contribution in [2.45, 2.75) is 6.92 Å². The van der Waals surface area contributed by atoms with Gasteiger partial charge >= 0.3 is 5.97 Å². The number of carbonyl (C=O) groups excluding carboxylic acids is 2. The first-order chi connectivity index (χ1) is 6.57. The molecule has 0 atom stereocenters. The van der Waals surface area contributed by atoms with Gasteiger partial charge in [-0.1, -0.05) is 13.2 Å². The molecule has 0 aliphatic heterocycles. The number of esters is 1. The number of carbonyl (C=O) groups is 2. The van der Waals surface area contributed by atoms with E-state index in [1.54, 1.807) is 6.92 Å². The van der Waals surface area contributed by atoms with E-state index in [0.29, 0.717) is 5.57 Å². The van der Waals surface area contributed by atoms with Crippen LogP contribution in [0, 0.1) is 0 Å². The average molecular weight is 198 g/mol. The summed E-state index contributed by atoms with van der Waals surface area (Å²) in [7, 11) is 0. The van der Waals surface area contributed by atoms with E-state index in [4.69, 9.17) is 9.47 Å². The highest BCUT2D eigenvalue weighted by Crippen LogP contribution is 1.91. The van der Waals surface area contributed by atoms with Crippen LogP contribution in [-0.2, 0) is 19.1 Å². The Hall–Kier alpha value is -1.42. The van der Waals surface area contributed by atoms with Gasteiger partial charge in [0.25, 0.3) is 0 Å². The van der Waals surface area contributed by atoms with Gasteiger partial charge in [-0.2, -0.15) is 0 Å². The highest BCUT2D eigenvalue weighted by Gasteiger charge is 2.02. The van der Waals surface area contributed by atoms with Crippen molar-refractivity contribution in [3.05, 3.63) is 24.8 Å². The number of ether oxygens (including phenoxy) is 2. The average Bonchev–Trinajstić information content (AvgIpc) is 2.16. The summed E-state index contributed by atoms with van der Waals surface area (Å²) in [5.74, 6) is -0.653. The van der Waals surface area contributed by atoms with Crippen LogP contribution in [0.1, 0.15) is 6.92 Å². The molecule has 0 saturated heterocycles. The van der Waals surface area contributed by atoms with Crippen molar-refractivity contribution in [3.8, 4) is 0 Å². The van der Waals surface area contributed by atoms with E-state index in [2.05, 4.69) is 13.2 Å². The Kier molecular flexibility index (Phi) is 6.32. The lowest BCUT2D eigenvalue weighted by Gasteiger charge is -2.03. The van der Waals surface area contributed by atoms with Gasteiger partial charge in [0.2, 0.25) is 0 Å². The smallest absolute Gasteiger partial charge is 0.333 e. The molecule has 0 aliphatic carbocycles. The standard InChI is InChI=1S/C10H14O4/c1-4-9(11)7-13-5-6-14-10(12)8(2)3/h4H,1-2,5-7H2,3H3. The Bertz CT molecular complexity index is 243. The number of hydrogen-bond acceptors (Lipinski definition) is 4. The second-order valence-corrected chi connectivity index (χ2v) is 2.64. The van der Waals surface area contributed by atoms with Crippen LogP contribution in [0.15, 0.2) is 24.8 Å². The van der Waals surface area contributed by atoms with E-state index in [-0.39, 0.29) is 25.6 Å². The van der Waals surface area contributed by atoms with E-state index in [0.717, 1.165) is 0 Å². The Morgan fingerprint density at radius 2 is 2.00 bits per heavy atom. The second kappa shape index (κ2) is 7.03. The summed E-state index contributed by atoms with van der Waals surface area (Å²) in [5, 5.41) is 0. The molecule has 14 heavy (non-hydrogen) atoms. The van der Waals surface area contributed by atoms with E-state index in [1.807, 2.05) is 0 Å². The van der Waals surface area contributed by atoms with Gasteiger partial charge < -0.3 is 9.47 Å². The maximum atomic E-state index is 10.8. The molecule has 0 bridgehead atoms. The quantitative estimate of drug-likeness (QED) is 0.346. The fraction of sp³-hybridized carbons (Fsp3) is 0.400. The van der Waals surface area contributed by atoms with E-state index in [9.17, 15) is 9.59 Å². The molecule has 0 aromatic rings. The summed E-state index contributed by atoms with van der Waals surface area (Å²) in [6.07, 6.45) is 1.18. The Morgan fingerprint density at radius 1 is 1.36 bits per heavy atom. The van der Waals surface area contributed by atoms with Crippen molar-refractivity contribution < 1.29 is 19.1 Å². The van der Waals surface area contributed by atoms with E-state index < -0.39 is 5.97 Å². The van der Waals surface area contributed by atoms with E-state index >= 15 is 0 Å². The first kappa shape index (κ1) is 12.6. The Balaban J connectivity index is 3.38. The summed E-state index contributed by atoms with van der Waals surface area (Å²) in [6.45, 7) is 8.54. The molecule has 0 spiro atoms. The van der Waals surface area contributed by atoms with Crippen LogP contribution in [0.25, 0.3) is 0 Å². The van der Waals surface area contributed by atoms with Gasteiger partial charge in [0.15, 0.2) is 5.78 Å². The molecule has 0 aromatic carbocycles. The maximum absolute atomic E-state index is 10.8. The lowest BCUT2D eigenvalue weighted by atomic mass is 10.4. The van der Waals surface area contributed by atoms with E-state index in [1.165, 1.54) is 6.08 Å². The molecule has 0 saturated carbocycles. The van der Waals surface area contributed by atoms with Crippen molar-refractivity contribution in [2.24, 2.45) is 0 Å². The van der Waals surface area contributed by atoms with Gasteiger partial charge in [0.1, 0.15) is 13.2 Å². The molecular weight excluding hydrogens is 184 g/mol. The predicted octanol–water partition coefficient (Wildman–Crippen LogP) is 0.877. The summed E-state index contributed by atoms with van der Waals surface area (Å²) < 4.78 is 9.61. The molecule has 0 N–H and O–H groups in total. The van der Waals surface area contributed by atoms with Crippen molar-refractivity contribution in [1.29, 1.82) is 0 Å². The molecule has 4 nitrogen and oxygen atoms in total. The Labute approximate surface area is 83.2 Å². The molecular formula is C10H14O4. The first-order valence-electron chi connectivity index (χ1n) is 4.13. The number of rotatable bonds is 7. The van der Waals surface area contributed by atoms with Crippen LogP contribution >= 0.6 is 0 Å². The minimum atomic E-state index is -0.455. The fourth-order valence-corrected chi connectivity index (χ4v) is 0.548. The van der Waals surface area contributed by atoms with Crippen LogP contribution in [-0.4, -0.2) is 31.6 Å². The van der Waals surface area contributed by atoms with Crippen molar-refractivity contribution in [3.63, 3.8) is 0 Å². The molecule has 0 rings (SSSR count). The molecule has 4 heteroatoms. The molecule has 0 aliphatic rings.